The van der Waals surface area contributed by atoms with Crippen LogP contribution in [-0.4, -0.2) is 38.3 Å². The van der Waals surface area contributed by atoms with E-state index in [1.807, 2.05) is 11.0 Å². The molecule has 2 unspecified atom stereocenters. The van der Waals surface area contributed by atoms with Crippen molar-refractivity contribution in [1.29, 1.82) is 0 Å². The molecule has 0 bridgehead atoms. The second kappa shape index (κ2) is 23.0. The Balaban J connectivity index is 1.06. The second-order valence-corrected chi connectivity index (χ2v) is 48.8. The molecule has 4 aliphatic rings. The molecule has 456 valence electrons. The lowest BCUT2D eigenvalue weighted by Gasteiger charge is -2.44. The Morgan fingerprint density at radius 3 is 1.31 bits per heavy atom. The van der Waals surface area contributed by atoms with E-state index in [1.165, 1.54) is 45.0 Å². The summed E-state index contributed by atoms with van der Waals surface area (Å²) in [5.41, 5.74) is 13.9. The molecule has 8 aromatic rings. The van der Waals surface area contributed by atoms with Gasteiger partial charge in [-0.15, -0.1) is 0 Å². The molecule has 0 N–H and O–H groups in total. The summed E-state index contributed by atoms with van der Waals surface area (Å²) in [5.74, 6) is -0.398. The first kappa shape index (κ1) is 62.2. The Morgan fingerprint density at radius 1 is 0.378 bits per heavy atom. The molecule has 8 aromatic carbocycles. The molecule has 2 atom stereocenters. The normalized spacial score (nSPS) is 16.7. The Kier molecular flexibility index (Phi) is 15.9. The van der Waals surface area contributed by atoms with Gasteiger partial charge in [-0.1, -0.05) is 263 Å². The van der Waals surface area contributed by atoms with Crippen LogP contribution in [0.1, 0.15) is 11.1 Å². The summed E-state index contributed by atoms with van der Waals surface area (Å²) in [6.07, 6.45) is 7.49. The fourth-order valence-electron chi connectivity index (χ4n) is 13.0. The van der Waals surface area contributed by atoms with Crippen LogP contribution in [0.5, 0.6) is 0 Å². The van der Waals surface area contributed by atoms with Crippen molar-refractivity contribution in [2.75, 3.05) is 9.80 Å². The van der Waals surface area contributed by atoms with Crippen molar-refractivity contribution in [2.45, 2.75) is 97.0 Å². The fourth-order valence-corrected chi connectivity index (χ4v) is 17.7. The number of benzene rings is 8. The Morgan fingerprint density at radius 2 is 0.811 bits per heavy atom. The van der Waals surface area contributed by atoms with Crippen LogP contribution in [0.2, 0.25) is 78.6 Å². The van der Waals surface area contributed by atoms with E-state index in [4.69, 9.17) is 0 Å². The summed E-state index contributed by atoms with van der Waals surface area (Å²) in [6, 6.07) is 58.3. The summed E-state index contributed by atoms with van der Waals surface area (Å²) in [6.45, 7) is 27.9. The van der Waals surface area contributed by atoms with Crippen molar-refractivity contribution in [3.8, 4) is 44.5 Å². The highest BCUT2D eigenvalue weighted by atomic mass is 28.3. The van der Waals surface area contributed by atoms with Crippen LogP contribution in [0.3, 0.4) is 0 Å². The maximum atomic E-state index is 15.1. The van der Waals surface area contributed by atoms with E-state index < -0.39 is 67.7 Å². The van der Waals surface area contributed by atoms with E-state index in [-0.39, 0.29) is 0 Å². The molecular formula is C78H76F6N2Si4. The zero-order valence-electron chi connectivity index (χ0n) is 53.3. The van der Waals surface area contributed by atoms with Gasteiger partial charge in [0, 0.05) is 34.1 Å². The van der Waals surface area contributed by atoms with Crippen molar-refractivity contribution in [3.63, 3.8) is 0 Å². The number of allylic oxidation sites excluding steroid dienone is 10. The molecule has 0 saturated heterocycles. The third-order valence-corrected chi connectivity index (χ3v) is 26.2. The summed E-state index contributed by atoms with van der Waals surface area (Å²) in [5, 5.41) is 5.15. The van der Waals surface area contributed by atoms with Gasteiger partial charge in [-0.05, 0) is 128 Å². The lowest BCUT2D eigenvalue weighted by Crippen LogP contribution is -2.38. The second-order valence-electron chi connectivity index (χ2n) is 28.5. The van der Waals surface area contributed by atoms with Crippen LogP contribution in [0.15, 0.2) is 264 Å². The van der Waals surface area contributed by atoms with Crippen LogP contribution >= 0.6 is 0 Å². The van der Waals surface area contributed by atoms with Crippen molar-refractivity contribution in [3.05, 3.63) is 275 Å². The van der Waals surface area contributed by atoms with Crippen LogP contribution < -0.4 is 30.5 Å². The molecule has 0 fully saturated rings. The molecule has 0 radical (unpaired) electrons. The summed E-state index contributed by atoms with van der Waals surface area (Å²) in [4.78, 5) is 4.09. The van der Waals surface area contributed by atoms with E-state index in [1.54, 1.807) is 12.1 Å². The van der Waals surface area contributed by atoms with E-state index in [0.29, 0.717) is 22.8 Å². The maximum Gasteiger partial charge on any atom is 0.416 e. The summed E-state index contributed by atoms with van der Waals surface area (Å²) in [7, 11) is -7.21. The number of halogens is 6. The van der Waals surface area contributed by atoms with Crippen molar-refractivity contribution in [1.82, 2.24) is 0 Å². The Labute approximate surface area is 531 Å². The van der Waals surface area contributed by atoms with Crippen LogP contribution in [-0.2, 0) is 12.4 Å². The average Bonchev–Trinajstić information content (AvgIpc) is 0.721. The molecule has 0 aliphatic heterocycles. The van der Waals surface area contributed by atoms with Gasteiger partial charge in [0.15, 0.2) is 0 Å². The molecule has 90 heavy (non-hydrogen) atoms. The number of hydrogen-bond acceptors (Lipinski definition) is 2. The highest BCUT2D eigenvalue weighted by molar-refractivity contribution is 6.90. The number of nitrogens with zero attached hydrogens (tertiary/aromatic N) is 2. The topological polar surface area (TPSA) is 6.48 Å². The fraction of sp³-hybridized carbons (Fsp3) is 0.205. The van der Waals surface area contributed by atoms with Gasteiger partial charge in [-0.25, -0.2) is 0 Å². The first-order valence-electron chi connectivity index (χ1n) is 31.0. The van der Waals surface area contributed by atoms with Gasteiger partial charge >= 0.3 is 12.4 Å². The number of anilines is 4. The lowest BCUT2D eigenvalue weighted by atomic mass is 9.67. The first-order valence-corrected chi connectivity index (χ1v) is 45.0. The van der Waals surface area contributed by atoms with Crippen molar-refractivity contribution in [2.24, 2.45) is 5.92 Å². The smallest absolute Gasteiger partial charge is 0.330 e. The van der Waals surface area contributed by atoms with Crippen molar-refractivity contribution >= 4 is 75.8 Å². The minimum Gasteiger partial charge on any atom is -0.330 e. The SMILES string of the molecule is C[Si](C)(C)c1cccc(-c2ccc(N(C3=C4C=CC5=C6C(=CC=C(C=C3)C46)C(N(c3cccc(C(F)(F)F)c3)c3ccc(-c4cccc([Si](C)(C)C)c4)cc3-c3cccc([Si](C)(C)C)c3)C=C5)c3cccc(C(F)(F)F)c3)c(-c3cccc([Si](C)(C)C)c3)c2)c1. The zero-order valence-corrected chi connectivity index (χ0v) is 57.3. The highest BCUT2D eigenvalue weighted by Gasteiger charge is 2.42. The number of hydrogen-bond donors (Lipinski definition) is 0. The molecule has 0 aromatic heterocycles. The van der Waals surface area contributed by atoms with Gasteiger partial charge in [0.25, 0.3) is 0 Å². The van der Waals surface area contributed by atoms with E-state index in [9.17, 15) is 0 Å². The van der Waals surface area contributed by atoms with E-state index >= 15 is 26.3 Å². The summed E-state index contributed by atoms with van der Waals surface area (Å²) >= 11 is 0. The number of rotatable bonds is 14. The predicted octanol–water partition coefficient (Wildman–Crippen LogP) is 20.7. The van der Waals surface area contributed by atoms with E-state index in [0.717, 1.165) is 90.2 Å². The van der Waals surface area contributed by atoms with E-state index in [2.05, 4.69) is 259 Å². The van der Waals surface area contributed by atoms with Crippen LogP contribution in [0.4, 0.5) is 49.1 Å². The van der Waals surface area contributed by atoms with Gasteiger partial charge in [0.05, 0.1) is 60.8 Å². The minimum absolute atomic E-state index is 0.346. The number of alkyl halides is 6. The summed E-state index contributed by atoms with van der Waals surface area (Å²) < 4.78 is 90.7. The maximum absolute atomic E-state index is 15.1. The zero-order chi connectivity index (χ0) is 64.0. The third-order valence-electron chi connectivity index (χ3n) is 18.1. The molecule has 4 aliphatic carbocycles. The van der Waals surface area contributed by atoms with Gasteiger partial charge in [-0.2, -0.15) is 26.3 Å². The lowest BCUT2D eigenvalue weighted by molar-refractivity contribution is -0.138. The van der Waals surface area contributed by atoms with Crippen molar-refractivity contribution < 1.29 is 26.3 Å². The largest absolute Gasteiger partial charge is 0.416 e. The molecule has 0 heterocycles. The highest BCUT2D eigenvalue weighted by Crippen LogP contribution is 2.54. The quantitative estimate of drug-likeness (QED) is 0.0791. The first-order chi connectivity index (χ1) is 42.4. The van der Waals surface area contributed by atoms with Gasteiger partial charge in [0.2, 0.25) is 0 Å². The molecule has 0 amide bonds. The van der Waals surface area contributed by atoms with Crippen LogP contribution in [0, 0.1) is 5.92 Å². The molecule has 2 nitrogen and oxygen atoms in total. The molecule has 0 spiro atoms. The van der Waals surface area contributed by atoms with Gasteiger partial charge in [-0.3, -0.25) is 0 Å². The Bertz CT molecular complexity index is 4410. The third kappa shape index (κ3) is 12.2. The molecule has 12 rings (SSSR count). The minimum atomic E-state index is -4.63. The monoisotopic (exact) mass is 1270 g/mol. The predicted molar refractivity (Wildman–Crippen MR) is 379 cm³/mol. The standard InChI is InChI=1S/C78H76F6N2Si4/c1-87(2,3)63-27-13-19-53(43-63)55-35-41-73(69(47-55)57-21-15-29-65(45-57)89(7,8)9)85(61-25-17-23-59(49-61)77(79,80)81)71-39-33-51-32-38-68-72(40-34-52-31-37-67(71)75(51)76(52)68)86(62-26-18-24-60(50-62)78(82,83)84)74-42-36-56(54-20-14-28-64(44-54)88(4,5)6)48-70(74)58-22-16-30-66(46-58)90(10,11)12/h13-50,71,76H,1-12H3. The van der Waals surface area contributed by atoms with Crippen LogP contribution in [0.25, 0.3) is 44.5 Å². The molecular weight excluding hydrogens is 1190 g/mol. The van der Waals surface area contributed by atoms with Gasteiger partial charge < -0.3 is 9.80 Å². The average molecular weight is 1270 g/mol. The molecule has 0 saturated carbocycles. The molecule has 12 heteroatoms. The Hall–Kier alpha value is -8.01. The van der Waals surface area contributed by atoms with Gasteiger partial charge in [0.1, 0.15) is 0 Å².